The van der Waals surface area contributed by atoms with Crippen molar-refractivity contribution in [2.45, 2.75) is 51.0 Å². The van der Waals surface area contributed by atoms with Gasteiger partial charge in [-0.15, -0.1) is 0 Å². The van der Waals surface area contributed by atoms with Crippen LogP contribution in [0.25, 0.3) is 0 Å². The molecule has 76 valence electrons. The Labute approximate surface area is 79.1 Å². The van der Waals surface area contributed by atoms with E-state index >= 15 is 0 Å². The van der Waals surface area contributed by atoms with Gasteiger partial charge in [0.2, 0.25) is 0 Å². The van der Waals surface area contributed by atoms with Crippen LogP contribution < -0.4 is 0 Å². The van der Waals surface area contributed by atoms with Gasteiger partial charge in [0.1, 0.15) is 0 Å². The molecule has 3 nitrogen and oxygen atoms in total. The molecule has 0 amide bonds. The molecule has 1 N–H and O–H groups in total. The summed E-state index contributed by atoms with van der Waals surface area (Å²) in [6, 6.07) is 0. The topological polar surface area (TPSA) is 46.5 Å². The molecule has 0 aromatic heterocycles. The third kappa shape index (κ3) is 3.35. The Morgan fingerprint density at radius 2 is 2.08 bits per heavy atom. The maximum atomic E-state index is 11.2. The van der Waals surface area contributed by atoms with Crippen molar-refractivity contribution < 1.29 is 14.6 Å². The minimum absolute atomic E-state index is 0.174. The van der Waals surface area contributed by atoms with Gasteiger partial charge in [-0.1, -0.05) is 19.8 Å². The average molecular weight is 186 g/mol. The minimum Gasteiger partial charge on any atom is -0.466 e. The van der Waals surface area contributed by atoms with Crippen molar-refractivity contribution in [2.24, 2.45) is 0 Å². The highest BCUT2D eigenvalue weighted by Crippen LogP contribution is 2.32. The molecule has 0 atom stereocenters. The van der Waals surface area contributed by atoms with Crippen molar-refractivity contribution in [3.05, 3.63) is 0 Å². The van der Waals surface area contributed by atoms with E-state index in [1.165, 1.54) is 0 Å². The maximum Gasteiger partial charge on any atom is 0.308 e. The molecule has 1 aliphatic rings. The van der Waals surface area contributed by atoms with Crippen LogP contribution in [0.2, 0.25) is 0 Å². The monoisotopic (exact) mass is 186 g/mol. The average Bonchev–Trinajstić information content (AvgIpc) is 2.48. The Hall–Kier alpha value is -0.570. The number of carbonyl (C=O) groups is 1. The lowest BCUT2D eigenvalue weighted by Crippen LogP contribution is -2.28. The van der Waals surface area contributed by atoms with Crippen molar-refractivity contribution in [3.8, 4) is 0 Å². The molecule has 1 fully saturated rings. The van der Waals surface area contributed by atoms with Gasteiger partial charge >= 0.3 is 5.97 Å². The number of carbonyl (C=O) groups excluding carboxylic acids is 1. The molecule has 0 saturated heterocycles. The van der Waals surface area contributed by atoms with Gasteiger partial charge in [0.25, 0.3) is 0 Å². The van der Waals surface area contributed by atoms with E-state index in [0.717, 1.165) is 32.1 Å². The van der Waals surface area contributed by atoms with E-state index in [0.29, 0.717) is 6.61 Å². The first kappa shape index (κ1) is 10.5. The number of hydrogen-bond acceptors (Lipinski definition) is 3. The van der Waals surface area contributed by atoms with Gasteiger partial charge in [-0.3, -0.25) is 4.79 Å². The standard InChI is InChI=1S/C10H18O3/c1-2-7-13-9(11)8-10(12)5-3-4-6-10/h12H,2-8H2,1H3. The van der Waals surface area contributed by atoms with Crippen LogP contribution in [0.3, 0.4) is 0 Å². The van der Waals surface area contributed by atoms with Gasteiger partial charge in [-0.05, 0) is 19.3 Å². The Balaban J connectivity index is 2.26. The summed E-state index contributed by atoms with van der Waals surface area (Å²) in [7, 11) is 0. The number of esters is 1. The minimum atomic E-state index is -0.759. The van der Waals surface area contributed by atoms with Crippen molar-refractivity contribution in [1.29, 1.82) is 0 Å². The summed E-state index contributed by atoms with van der Waals surface area (Å²) in [5, 5.41) is 9.86. The van der Waals surface area contributed by atoms with Gasteiger partial charge in [0.15, 0.2) is 0 Å². The SMILES string of the molecule is CCCOC(=O)CC1(O)CCCC1. The van der Waals surface area contributed by atoms with Crippen LogP contribution in [0, 0.1) is 0 Å². The lowest BCUT2D eigenvalue weighted by Gasteiger charge is -2.20. The van der Waals surface area contributed by atoms with Crippen molar-refractivity contribution in [3.63, 3.8) is 0 Å². The molecule has 1 saturated carbocycles. The maximum absolute atomic E-state index is 11.2. The first-order chi connectivity index (χ1) is 6.16. The molecular weight excluding hydrogens is 168 g/mol. The third-order valence-electron chi connectivity index (χ3n) is 2.47. The van der Waals surface area contributed by atoms with Crippen LogP contribution in [0.4, 0.5) is 0 Å². The van der Waals surface area contributed by atoms with Gasteiger partial charge in [-0.2, -0.15) is 0 Å². The number of ether oxygens (including phenoxy) is 1. The van der Waals surface area contributed by atoms with E-state index in [2.05, 4.69) is 0 Å². The molecule has 0 unspecified atom stereocenters. The van der Waals surface area contributed by atoms with Crippen molar-refractivity contribution in [2.75, 3.05) is 6.61 Å². The normalized spacial score (nSPS) is 20.2. The summed E-state index contributed by atoms with van der Waals surface area (Å²) in [6.07, 6.45) is 4.55. The molecule has 0 aliphatic heterocycles. The molecule has 13 heavy (non-hydrogen) atoms. The summed E-state index contributed by atoms with van der Waals surface area (Å²) in [5.41, 5.74) is -0.759. The largest absolute Gasteiger partial charge is 0.466 e. The zero-order valence-corrected chi connectivity index (χ0v) is 8.21. The van der Waals surface area contributed by atoms with E-state index in [4.69, 9.17) is 4.74 Å². The zero-order chi connectivity index (χ0) is 9.73. The first-order valence-corrected chi connectivity index (χ1v) is 5.04. The summed E-state index contributed by atoms with van der Waals surface area (Å²) in [4.78, 5) is 11.2. The first-order valence-electron chi connectivity index (χ1n) is 5.04. The summed E-state index contributed by atoms with van der Waals surface area (Å²) in [5.74, 6) is -0.258. The fraction of sp³-hybridized carbons (Fsp3) is 0.900. The Kier molecular flexibility index (Phi) is 3.72. The Morgan fingerprint density at radius 1 is 1.46 bits per heavy atom. The van der Waals surface area contributed by atoms with Crippen LogP contribution in [-0.4, -0.2) is 23.3 Å². The summed E-state index contributed by atoms with van der Waals surface area (Å²) in [6.45, 7) is 2.42. The quantitative estimate of drug-likeness (QED) is 0.679. The molecule has 1 rings (SSSR count). The highest BCUT2D eigenvalue weighted by molar-refractivity contribution is 5.70. The second kappa shape index (κ2) is 4.61. The molecule has 3 heteroatoms. The lowest BCUT2D eigenvalue weighted by atomic mass is 9.98. The predicted octanol–water partition coefficient (Wildman–Crippen LogP) is 1.63. The molecule has 0 bridgehead atoms. The van der Waals surface area contributed by atoms with Crippen molar-refractivity contribution in [1.82, 2.24) is 0 Å². The number of hydrogen-bond donors (Lipinski definition) is 1. The second-order valence-electron chi connectivity index (χ2n) is 3.83. The van der Waals surface area contributed by atoms with Crippen molar-refractivity contribution >= 4 is 5.97 Å². The molecule has 0 radical (unpaired) electrons. The summed E-state index contributed by atoms with van der Waals surface area (Å²) < 4.78 is 4.92. The highest BCUT2D eigenvalue weighted by atomic mass is 16.5. The summed E-state index contributed by atoms with van der Waals surface area (Å²) >= 11 is 0. The molecule has 0 aromatic carbocycles. The van der Waals surface area contributed by atoms with Crippen LogP contribution in [0.5, 0.6) is 0 Å². The van der Waals surface area contributed by atoms with Crippen LogP contribution in [0.15, 0.2) is 0 Å². The molecule has 1 aliphatic carbocycles. The second-order valence-corrected chi connectivity index (χ2v) is 3.83. The van der Waals surface area contributed by atoms with Crippen LogP contribution >= 0.6 is 0 Å². The van der Waals surface area contributed by atoms with Gasteiger partial charge in [-0.25, -0.2) is 0 Å². The van der Waals surface area contributed by atoms with E-state index < -0.39 is 5.60 Å². The number of rotatable bonds is 4. The van der Waals surface area contributed by atoms with E-state index in [1.807, 2.05) is 6.92 Å². The van der Waals surface area contributed by atoms with E-state index in [-0.39, 0.29) is 12.4 Å². The molecular formula is C10H18O3. The molecule has 0 heterocycles. The highest BCUT2D eigenvalue weighted by Gasteiger charge is 2.33. The fourth-order valence-corrected chi connectivity index (χ4v) is 1.75. The third-order valence-corrected chi connectivity index (χ3v) is 2.47. The predicted molar refractivity (Wildman–Crippen MR) is 49.3 cm³/mol. The van der Waals surface area contributed by atoms with E-state index in [9.17, 15) is 9.90 Å². The van der Waals surface area contributed by atoms with Gasteiger partial charge in [0, 0.05) is 0 Å². The Morgan fingerprint density at radius 3 is 2.62 bits per heavy atom. The molecule has 0 aromatic rings. The van der Waals surface area contributed by atoms with Crippen LogP contribution in [-0.2, 0) is 9.53 Å². The number of aliphatic hydroxyl groups is 1. The van der Waals surface area contributed by atoms with Gasteiger partial charge < -0.3 is 9.84 Å². The van der Waals surface area contributed by atoms with Crippen LogP contribution in [0.1, 0.15) is 45.4 Å². The van der Waals surface area contributed by atoms with Gasteiger partial charge in [0.05, 0.1) is 18.6 Å². The van der Waals surface area contributed by atoms with E-state index in [1.54, 1.807) is 0 Å². The smallest absolute Gasteiger partial charge is 0.308 e. The lowest BCUT2D eigenvalue weighted by molar-refractivity contribution is -0.149. The molecule has 0 spiro atoms. The fourth-order valence-electron chi connectivity index (χ4n) is 1.75. The zero-order valence-electron chi connectivity index (χ0n) is 8.21. The Bertz CT molecular complexity index is 171.